The summed E-state index contributed by atoms with van der Waals surface area (Å²) in [5.74, 6) is 0.0811. The molecule has 1 amide bonds. The van der Waals surface area contributed by atoms with E-state index in [-0.39, 0.29) is 17.4 Å². The summed E-state index contributed by atoms with van der Waals surface area (Å²) in [4.78, 5) is 16.6. The third-order valence-electron chi connectivity index (χ3n) is 4.88. The van der Waals surface area contributed by atoms with Gasteiger partial charge in [0.15, 0.2) is 9.84 Å². The van der Waals surface area contributed by atoms with Crippen LogP contribution >= 0.6 is 11.6 Å². The molecule has 2 aliphatic heterocycles. The van der Waals surface area contributed by atoms with Gasteiger partial charge in [0.05, 0.1) is 34.3 Å². The molecule has 0 spiro atoms. The average molecular weight is 386 g/mol. The van der Waals surface area contributed by atoms with Crippen LogP contribution in [0.3, 0.4) is 0 Å². The van der Waals surface area contributed by atoms with E-state index in [1.807, 2.05) is 31.2 Å². The van der Waals surface area contributed by atoms with Gasteiger partial charge in [0, 0.05) is 26.2 Å². The second-order valence-electron chi connectivity index (χ2n) is 7.17. The van der Waals surface area contributed by atoms with Gasteiger partial charge in [-0.3, -0.25) is 9.69 Å². The molecule has 0 aliphatic carbocycles. The number of sulfone groups is 1. The van der Waals surface area contributed by atoms with E-state index in [1.165, 1.54) is 0 Å². The predicted octanol–water partition coefficient (Wildman–Crippen LogP) is 1.16. The lowest BCUT2D eigenvalue weighted by Gasteiger charge is -2.36. The predicted molar refractivity (Wildman–Crippen MR) is 99.9 cm³/mol. The van der Waals surface area contributed by atoms with Gasteiger partial charge in [-0.25, -0.2) is 8.42 Å². The van der Waals surface area contributed by atoms with Gasteiger partial charge in [-0.05, 0) is 25.5 Å². The van der Waals surface area contributed by atoms with E-state index in [1.54, 1.807) is 0 Å². The molecule has 3 rings (SSSR count). The summed E-state index contributed by atoms with van der Waals surface area (Å²) in [5, 5.41) is 3.66. The minimum atomic E-state index is -3.02. The quantitative estimate of drug-likeness (QED) is 0.842. The molecule has 2 aliphatic rings. The molecule has 1 aromatic carbocycles. The lowest BCUT2D eigenvalue weighted by molar-refractivity contribution is -0.123. The highest BCUT2D eigenvalue weighted by Crippen LogP contribution is 2.26. The fourth-order valence-electron chi connectivity index (χ4n) is 3.54. The van der Waals surface area contributed by atoms with Crippen molar-refractivity contribution in [1.82, 2.24) is 10.2 Å². The molecule has 2 heterocycles. The Bertz CT molecular complexity index is 747. The molecule has 0 unspecified atom stereocenters. The van der Waals surface area contributed by atoms with Crippen molar-refractivity contribution in [2.45, 2.75) is 18.9 Å². The van der Waals surface area contributed by atoms with Gasteiger partial charge in [0.25, 0.3) is 0 Å². The van der Waals surface area contributed by atoms with E-state index in [2.05, 4.69) is 15.1 Å². The highest BCUT2D eigenvalue weighted by Gasteiger charge is 2.39. The molecule has 2 saturated heterocycles. The fraction of sp³-hybridized carbons (Fsp3) is 0.588. The van der Waals surface area contributed by atoms with Crippen LogP contribution in [-0.4, -0.2) is 69.0 Å². The first-order valence-electron chi connectivity index (χ1n) is 8.50. The summed E-state index contributed by atoms with van der Waals surface area (Å²) in [6, 6.07) is 7.77. The molecule has 1 N–H and O–H groups in total. The zero-order valence-corrected chi connectivity index (χ0v) is 15.9. The van der Waals surface area contributed by atoms with Crippen molar-refractivity contribution in [1.29, 1.82) is 0 Å². The number of carbonyl (C=O) groups is 1. The first-order valence-corrected chi connectivity index (χ1v) is 10.7. The van der Waals surface area contributed by atoms with Gasteiger partial charge in [0.2, 0.25) is 5.91 Å². The third-order valence-corrected chi connectivity index (χ3v) is 7.10. The summed E-state index contributed by atoms with van der Waals surface area (Å²) >= 11 is 6.24. The summed E-state index contributed by atoms with van der Waals surface area (Å²) in [6.45, 7) is 5.27. The third kappa shape index (κ3) is 4.65. The van der Waals surface area contributed by atoms with Gasteiger partial charge >= 0.3 is 0 Å². The van der Waals surface area contributed by atoms with E-state index in [0.717, 1.165) is 36.9 Å². The zero-order chi connectivity index (χ0) is 18.1. The monoisotopic (exact) mass is 385 g/mol. The number of amides is 1. The average Bonchev–Trinajstić information content (AvgIpc) is 2.81. The molecule has 138 valence electrons. The number of para-hydroxylation sites is 1. The molecule has 6 nitrogen and oxygen atoms in total. The lowest BCUT2D eigenvalue weighted by atomic mass is 10.0. The van der Waals surface area contributed by atoms with Gasteiger partial charge in [-0.2, -0.15) is 0 Å². The maximum Gasteiger partial charge on any atom is 0.234 e. The van der Waals surface area contributed by atoms with E-state index in [9.17, 15) is 13.2 Å². The van der Waals surface area contributed by atoms with Crippen LogP contribution in [0.1, 0.15) is 13.3 Å². The largest absolute Gasteiger partial charge is 0.368 e. The standard InChI is InChI=1S/C17H24ClN3O3S/c1-17(6-11-25(23,24)13-17)19-16(22)12-20-7-9-21(10-8-20)15-5-3-2-4-14(15)18/h2-5H,6-13H2,1H3,(H,19,22)/t17-/m0/s1. The number of benzene rings is 1. The van der Waals surface area contributed by atoms with Gasteiger partial charge in [-0.1, -0.05) is 23.7 Å². The van der Waals surface area contributed by atoms with Crippen LogP contribution in [0, 0.1) is 0 Å². The van der Waals surface area contributed by atoms with Crippen LogP contribution in [0.15, 0.2) is 24.3 Å². The second-order valence-corrected chi connectivity index (χ2v) is 9.76. The number of anilines is 1. The Labute approximate surface area is 154 Å². The van der Waals surface area contributed by atoms with Crippen molar-refractivity contribution < 1.29 is 13.2 Å². The summed E-state index contributed by atoms with van der Waals surface area (Å²) in [6.07, 6.45) is 0.487. The van der Waals surface area contributed by atoms with Crippen molar-refractivity contribution in [3.05, 3.63) is 29.3 Å². The lowest BCUT2D eigenvalue weighted by Crippen LogP contribution is -2.53. The molecular formula is C17H24ClN3O3S. The zero-order valence-electron chi connectivity index (χ0n) is 14.4. The Morgan fingerprint density at radius 2 is 1.92 bits per heavy atom. The van der Waals surface area contributed by atoms with E-state index < -0.39 is 15.4 Å². The summed E-state index contributed by atoms with van der Waals surface area (Å²) in [5.41, 5.74) is 0.395. The number of piperazine rings is 1. The van der Waals surface area contributed by atoms with Crippen molar-refractivity contribution >= 4 is 33.0 Å². The number of rotatable bonds is 4. The fourth-order valence-corrected chi connectivity index (χ4v) is 5.89. The number of hydrogen-bond donors (Lipinski definition) is 1. The Kier molecular flexibility index (Phi) is 5.27. The second kappa shape index (κ2) is 7.13. The van der Waals surface area contributed by atoms with Crippen molar-refractivity contribution in [3.8, 4) is 0 Å². The summed E-state index contributed by atoms with van der Waals surface area (Å²) in [7, 11) is -3.02. The van der Waals surface area contributed by atoms with Gasteiger partial charge in [-0.15, -0.1) is 0 Å². The maximum atomic E-state index is 12.3. The van der Waals surface area contributed by atoms with Crippen molar-refractivity contribution in [3.63, 3.8) is 0 Å². The van der Waals surface area contributed by atoms with E-state index in [0.29, 0.717) is 13.0 Å². The van der Waals surface area contributed by atoms with Crippen LogP contribution < -0.4 is 10.2 Å². The normalized spacial score (nSPS) is 26.6. The van der Waals surface area contributed by atoms with E-state index >= 15 is 0 Å². The molecular weight excluding hydrogens is 362 g/mol. The Morgan fingerprint density at radius 3 is 2.52 bits per heavy atom. The van der Waals surface area contributed by atoms with Crippen molar-refractivity contribution in [2.24, 2.45) is 0 Å². The number of nitrogens with zero attached hydrogens (tertiary/aromatic N) is 2. The van der Waals surface area contributed by atoms with Gasteiger partial charge < -0.3 is 10.2 Å². The van der Waals surface area contributed by atoms with Crippen LogP contribution in [0.2, 0.25) is 5.02 Å². The molecule has 0 saturated carbocycles. The smallest absolute Gasteiger partial charge is 0.234 e. The minimum Gasteiger partial charge on any atom is -0.368 e. The van der Waals surface area contributed by atoms with Crippen LogP contribution in [0.5, 0.6) is 0 Å². The minimum absolute atomic E-state index is 0.0338. The number of nitrogens with one attached hydrogen (secondary N) is 1. The Balaban J connectivity index is 1.49. The summed E-state index contributed by atoms with van der Waals surface area (Å²) < 4.78 is 23.3. The number of halogens is 1. The molecule has 25 heavy (non-hydrogen) atoms. The molecule has 0 aromatic heterocycles. The van der Waals surface area contributed by atoms with Crippen molar-refractivity contribution in [2.75, 3.05) is 49.1 Å². The van der Waals surface area contributed by atoms with Crippen LogP contribution in [0.4, 0.5) is 5.69 Å². The molecule has 1 aromatic rings. The van der Waals surface area contributed by atoms with Crippen LogP contribution in [0.25, 0.3) is 0 Å². The molecule has 1 atom stereocenters. The molecule has 2 fully saturated rings. The topological polar surface area (TPSA) is 69.7 Å². The van der Waals surface area contributed by atoms with Crippen LogP contribution in [-0.2, 0) is 14.6 Å². The maximum absolute atomic E-state index is 12.3. The molecule has 0 radical (unpaired) electrons. The number of carbonyl (C=O) groups excluding carboxylic acids is 1. The SMILES string of the molecule is C[C@]1(NC(=O)CN2CCN(c3ccccc3Cl)CC2)CCS(=O)(=O)C1. The van der Waals surface area contributed by atoms with E-state index in [4.69, 9.17) is 11.6 Å². The Hall–Kier alpha value is -1.31. The van der Waals surface area contributed by atoms with Gasteiger partial charge in [0.1, 0.15) is 0 Å². The first-order chi connectivity index (χ1) is 11.8. The molecule has 8 heteroatoms. The highest BCUT2D eigenvalue weighted by molar-refractivity contribution is 7.91. The number of hydrogen-bond acceptors (Lipinski definition) is 5. The Morgan fingerprint density at radius 1 is 1.24 bits per heavy atom. The molecule has 0 bridgehead atoms. The highest BCUT2D eigenvalue weighted by atomic mass is 35.5. The first kappa shape index (κ1) is 18.5.